The molecular formula is C18H31N3. The third-order valence-corrected chi connectivity index (χ3v) is 4.94. The number of rotatable bonds is 5. The van der Waals surface area contributed by atoms with Crippen LogP contribution in [-0.2, 0) is 6.54 Å². The fourth-order valence-electron chi connectivity index (χ4n) is 4.07. The molecule has 3 nitrogen and oxygen atoms in total. The van der Waals surface area contributed by atoms with Gasteiger partial charge in [0.05, 0.1) is 5.69 Å². The van der Waals surface area contributed by atoms with Crippen LogP contribution in [0.3, 0.4) is 0 Å². The lowest BCUT2D eigenvalue weighted by Gasteiger charge is -2.45. The van der Waals surface area contributed by atoms with E-state index in [1.54, 1.807) is 0 Å². The van der Waals surface area contributed by atoms with Crippen molar-refractivity contribution in [3.05, 3.63) is 29.6 Å². The molecule has 21 heavy (non-hydrogen) atoms. The summed E-state index contributed by atoms with van der Waals surface area (Å²) >= 11 is 0. The van der Waals surface area contributed by atoms with E-state index >= 15 is 0 Å². The second-order valence-corrected chi connectivity index (χ2v) is 6.77. The number of hydrogen-bond acceptors (Lipinski definition) is 3. The molecule has 0 aliphatic heterocycles. The Kier molecular flexibility index (Phi) is 5.77. The molecule has 1 heterocycles. The van der Waals surface area contributed by atoms with Gasteiger partial charge in [-0.15, -0.1) is 0 Å². The topological polar surface area (TPSA) is 28.2 Å². The van der Waals surface area contributed by atoms with E-state index in [0.717, 1.165) is 30.6 Å². The van der Waals surface area contributed by atoms with Gasteiger partial charge in [0.2, 0.25) is 0 Å². The van der Waals surface area contributed by atoms with Gasteiger partial charge in [0, 0.05) is 24.3 Å². The molecule has 0 spiro atoms. The maximum absolute atomic E-state index is 4.68. The Morgan fingerprint density at radius 1 is 1.29 bits per heavy atom. The summed E-state index contributed by atoms with van der Waals surface area (Å²) in [5.74, 6) is 1.56. The van der Waals surface area contributed by atoms with Crippen molar-refractivity contribution in [3.63, 3.8) is 0 Å². The predicted octanol–water partition coefficient (Wildman–Crippen LogP) is 3.23. The van der Waals surface area contributed by atoms with Crippen molar-refractivity contribution in [2.24, 2.45) is 11.8 Å². The number of pyridine rings is 1. The van der Waals surface area contributed by atoms with Crippen LogP contribution in [0.25, 0.3) is 0 Å². The average molecular weight is 289 g/mol. The third kappa shape index (κ3) is 4.04. The van der Waals surface area contributed by atoms with Crippen molar-refractivity contribution in [2.45, 2.75) is 59.2 Å². The largest absolute Gasteiger partial charge is 0.315 e. The quantitative estimate of drug-likeness (QED) is 0.902. The number of hydrogen-bond donors (Lipinski definition) is 1. The van der Waals surface area contributed by atoms with Crippen molar-refractivity contribution in [2.75, 3.05) is 13.6 Å². The molecule has 1 aromatic heterocycles. The second kappa shape index (κ2) is 7.37. The highest BCUT2D eigenvalue weighted by Gasteiger charge is 2.36. The summed E-state index contributed by atoms with van der Waals surface area (Å²) in [6.07, 6.45) is 2.61. The van der Waals surface area contributed by atoms with E-state index in [2.05, 4.69) is 68.1 Å². The van der Waals surface area contributed by atoms with Crippen molar-refractivity contribution in [3.8, 4) is 0 Å². The number of nitrogens with one attached hydrogen (secondary N) is 1. The van der Waals surface area contributed by atoms with Crippen LogP contribution in [0.1, 0.15) is 45.0 Å². The average Bonchev–Trinajstić information content (AvgIpc) is 2.44. The summed E-state index contributed by atoms with van der Waals surface area (Å²) < 4.78 is 0. The normalized spacial score (nSPS) is 29.8. The Morgan fingerprint density at radius 3 is 2.67 bits per heavy atom. The highest BCUT2D eigenvalue weighted by atomic mass is 15.2. The van der Waals surface area contributed by atoms with Gasteiger partial charge in [-0.3, -0.25) is 9.88 Å². The summed E-state index contributed by atoms with van der Waals surface area (Å²) in [5.41, 5.74) is 2.30. The number of nitrogens with zero attached hydrogens (tertiary/aromatic N) is 2. The molecule has 0 aromatic carbocycles. The summed E-state index contributed by atoms with van der Waals surface area (Å²) in [6.45, 7) is 11.2. The zero-order valence-electron chi connectivity index (χ0n) is 14.3. The maximum Gasteiger partial charge on any atom is 0.0547 e. The minimum atomic E-state index is 0.591. The van der Waals surface area contributed by atoms with Crippen LogP contribution in [0, 0.1) is 18.8 Å². The molecule has 2 rings (SSSR count). The standard InChI is InChI=1S/C18H31N3/c1-6-21(12-16-9-7-8-15(4)20-16)18-14(3)10-13(2)11-17(18)19-5/h7-9,13-14,17-19H,6,10-12H2,1-5H3. The van der Waals surface area contributed by atoms with E-state index < -0.39 is 0 Å². The summed E-state index contributed by atoms with van der Waals surface area (Å²) in [4.78, 5) is 7.30. The third-order valence-electron chi connectivity index (χ3n) is 4.94. The molecule has 1 aliphatic rings. The van der Waals surface area contributed by atoms with Crippen LogP contribution < -0.4 is 5.32 Å². The number of aromatic nitrogens is 1. The molecule has 0 saturated heterocycles. The highest BCUT2D eigenvalue weighted by Crippen LogP contribution is 2.32. The van der Waals surface area contributed by atoms with E-state index in [4.69, 9.17) is 0 Å². The highest BCUT2D eigenvalue weighted by molar-refractivity contribution is 5.10. The lowest BCUT2D eigenvalue weighted by Crippen LogP contribution is -2.55. The minimum absolute atomic E-state index is 0.591. The predicted molar refractivity (Wildman–Crippen MR) is 89.3 cm³/mol. The summed E-state index contributed by atoms with van der Waals surface area (Å²) in [5, 5.41) is 3.56. The van der Waals surface area contributed by atoms with E-state index in [1.165, 1.54) is 18.5 Å². The van der Waals surface area contributed by atoms with Gasteiger partial charge >= 0.3 is 0 Å². The molecule has 1 fully saturated rings. The van der Waals surface area contributed by atoms with Crippen LogP contribution in [0.4, 0.5) is 0 Å². The molecule has 1 aliphatic carbocycles. The van der Waals surface area contributed by atoms with Gasteiger partial charge < -0.3 is 5.32 Å². The maximum atomic E-state index is 4.68. The van der Waals surface area contributed by atoms with Crippen LogP contribution in [-0.4, -0.2) is 35.6 Å². The Balaban J connectivity index is 2.14. The smallest absolute Gasteiger partial charge is 0.0547 e. The van der Waals surface area contributed by atoms with Crippen LogP contribution in [0.5, 0.6) is 0 Å². The van der Waals surface area contributed by atoms with E-state index in [1.807, 2.05) is 0 Å². The number of likely N-dealkylation sites (N-methyl/N-ethyl adjacent to an activating group) is 2. The molecule has 0 radical (unpaired) electrons. The van der Waals surface area contributed by atoms with Gasteiger partial charge in [0.1, 0.15) is 0 Å². The molecule has 0 bridgehead atoms. The zero-order valence-corrected chi connectivity index (χ0v) is 14.3. The summed E-state index contributed by atoms with van der Waals surface area (Å²) in [7, 11) is 2.11. The van der Waals surface area contributed by atoms with E-state index in [9.17, 15) is 0 Å². The van der Waals surface area contributed by atoms with Crippen molar-refractivity contribution < 1.29 is 0 Å². The van der Waals surface area contributed by atoms with Crippen molar-refractivity contribution >= 4 is 0 Å². The van der Waals surface area contributed by atoms with Gasteiger partial charge in [-0.05, 0) is 57.3 Å². The summed E-state index contributed by atoms with van der Waals surface area (Å²) in [6, 6.07) is 7.54. The lowest BCUT2D eigenvalue weighted by atomic mass is 9.76. The molecule has 118 valence electrons. The Bertz CT molecular complexity index is 446. The lowest BCUT2D eigenvalue weighted by molar-refractivity contribution is 0.0614. The molecule has 3 heteroatoms. The van der Waals surface area contributed by atoms with Crippen LogP contribution >= 0.6 is 0 Å². The van der Waals surface area contributed by atoms with Crippen molar-refractivity contribution in [1.82, 2.24) is 15.2 Å². The van der Waals surface area contributed by atoms with Crippen LogP contribution in [0.2, 0.25) is 0 Å². The minimum Gasteiger partial charge on any atom is -0.315 e. The monoisotopic (exact) mass is 289 g/mol. The van der Waals surface area contributed by atoms with E-state index in [0.29, 0.717) is 12.1 Å². The van der Waals surface area contributed by atoms with Gasteiger partial charge in [0.15, 0.2) is 0 Å². The van der Waals surface area contributed by atoms with Gasteiger partial charge in [0.25, 0.3) is 0 Å². The fourth-order valence-corrected chi connectivity index (χ4v) is 4.07. The first-order valence-electron chi connectivity index (χ1n) is 8.39. The number of aryl methyl sites for hydroxylation is 1. The first-order chi connectivity index (χ1) is 10.0. The molecule has 1 N–H and O–H groups in total. The van der Waals surface area contributed by atoms with Crippen LogP contribution in [0.15, 0.2) is 18.2 Å². The van der Waals surface area contributed by atoms with Gasteiger partial charge in [-0.2, -0.15) is 0 Å². The Hall–Kier alpha value is -0.930. The SMILES string of the molecule is CCN(Cc1cccc(C)n1)C1C(C)CC(C)CC1NC. The fraction of sp³-hybridized carbons (Fsp3) is 0.722. The van der Waals surface area contributed by atoms with Gasteiger partial charge in [-0.25, -0.2) is 0 Å². The second-order valence-electron chi connectivity index (χ2n) is 6.77. The molecule has 1 aromatic rings. The molecular weight excluding hydrogens is 258 g/mol. The molecule has 1 saturated carbocycles. The van der Waals surface area contributed by atoms with Gasteiger partial charge in [-0.1, -0.05) is 26.8 Å². The molecule has 0 amide bonds. The molecule has 4 unspecified atom stereocenters. The van der Waals surface area contributed by atoms with Crippen molar-refractivity contribution in [1.29, 1.82) is 0 Å². The first-order valence-corrected chi connectivity index (χ1v) is 8.39. The van der Waals surface area contributed by atoms with E-state index in [-0.39, 0.29) is 0 Å². The Morgan fingerprint density at radius 2 is 2.05 bits per heavy atom. The molecule has 4 atom stereocenters. The zero-order chi connectivity index (χ0) is 15.4. The first kappa shape index (κ1) is 16.4. The Labute approximate surface area is 130 Å².